The highest BCUT2D eigenvalue weighted by molar-refractivity contribution is 7.98. The van der Waals surface area contributed by atoms with Gasteiger partial charge in [0.1, 0.15) is 11.0 Å². The number of fused-ring (bicyclic) bond motifs is 3. The zero-order valence-electron chi connectivity index (χ0n) is 19.3. The van der Waals surface area contributed by atoms with Gasteiger partial charge in [0.15, 0.2) is 5.16 Å². The van der Waals surface area contributed by atoms with E-state index in [9.17, 15) is 9.59 Å². The van der Waals surface area contributed by atoms with Gasteiger partial charge in [-0.1, -0.05) is 17.8 Å². The zero-order valence-corrected chi connectivity index (χ0v) is 20.1. The molecule has 1 unspecified atom stereocenters. The lowest BCUT2D eigenvalue weighted by Crippen LogP contribution is -2.53. The van der Waals surface area contributed by atoms with E-state index >= 15 is 0 Å². The van der Waals surface area contributed by atoms with Crippen LogP contribution in [0.25, 0.3) is 0 Å². The van der Waals surface area contributed by atoms with E-state index in [4.69, 9.17) is 9.72 Å². The maximum absolute atomic E-state index is 14.1. The SMILES string of the molecule is CSc1ncc2c(n1)C1(CCN(C(=O)OC(C)(C)C)C1)C(=O)N(c1ccc3c(c1)N=CC3)C2. The summed E-state index contributed by atoms with van der Waals surface area (Å²) in [5, 5.41) is 0.622. The van der Waals surface area contributed by atoms with Crippen molar-refractivity contribution in [1.82, 2.24) is 14.9 Å². The van der Waals surface area contributed by atoms with E-state index in [2.05, 4.69) is 9.98 Å². The van der Waals surface area contributed by atoms with Crippen molar-refractivity contribution in [2.45, 2.75) is 56.3 Å². The summed E-state index contributed by atoms with van der Waals surface area (Å²) in [6.07, 6.45) is 6.51. The molecule has 9 heteroatoms. The number of ether oxygens (including phenoxy) is 1. The highest BCUT2D eigenvalue weighted by Gasteiger charge is 2.54. The molecule has 172 valence electrons. The van der Waals surface area contributed by atoms with E-state index in [-0.39, 0.29) is 12.5 Å². The summed E-state index contributed by atoms with van der Waals surface area (Å²) in [5.41, 5.74) is 2.95. The molecule has 2 aromatic rings. The molecule has 1 spiro atoms. The van der Waals surface area contributed by atoms with Crippen LogP contribution in [-0.4, -0.2) is 58.0 Å². The van der Waals surface area contributed by atoms with Gasteiger partial charge < -0.3 is 14.5 Å². The topological polar surface area (TPSA) is 88.0 Å². The minimum atomic E-state index is -0.930. The summed E-state index contributed by atoms with van der Waals surface area (Å²) in [5.74, 6) is -0.0475. The minimum absolute atomic E-state index is 0.0475. The van der Waals surface area contributed by atoms with Crippen molar-refractivity contribution < 1.29 is 14.3 Å². The first-order chi connectivity index (χ1) is 15.7. The minimum Gasteiger partial charge on any atom is -0.444 e. The highest BCUT2D eigenvalue weighted by atomic mass is 32.2. The number of rotatable bonds is 2. The molecule has 5 rings (SSSR count). The smallest absolute Gasteiger partial charge is 0.410 e. The molecule has 0 bridgehead atoms. The lowest BCUT2D eigenvalue weighted by molar-refractivity contribution is -0.124. The van der Waals surface area contributed by atoms with Crippen molar-refractivity contribution in [3.05, 3.63) is 41.2 Å². The number of aromatic nitrogens is 2. The monoisotopic (exact) mass is 465 g/mol. The first-order valence-corrected chi connectivity index (χ1v) is 12.3. The van der Waals surface area contributed by atoms with Crippen LogP contribution in [0.3, 0.4) is 0 Å². The second-order valence-corrected chi connectivity index (χ2v) is 10.5. The van der Waals surface area contributed by atoms with Gasteiger partial charge in [0.2, 0.25) is 5.91 Å². The Labute approximate surface area is 197 Å². The van der Waals surface area contributed by atoms with Crippen LogP contribution in [0.5, 0.6) is 0 Å². The number of likely N-dealkylation sites (tertiary alicyclic amines) is 1. The molecule has 0 N–H and O–H groups in total. The fraction of sp³-hybridized carbons (Fsp3) is 0.458. The van der Waals surface area contributed by atoms with Gasteiger partial charge in [0.25, 0.3) is 0 Å². The molecule has 3 aliphatic rings. The summed E-state index contributed by atoms with van der Waals surface area (Å²) in [6, 6.07) is 5.97. The maximum Gasteiger partial charge on any atom is 0.410 e. The van der Waals surface area contributed by atoms with Crippen molar-refractivity contribution in [2.75, 3.05) is 24.2 Å². The molecule has 0 radical (unpaired) electrons. The van der Waals surface area contributed by atoms with Crippen LogP contribution in [0, 0.1) is 0 Å². The summed E-state index contributed by atoms with van der Waals surface area (Å²) >= 11 is 1.44. The van der Waals surface area contributed by atoms with Crippen LogP contribution in [0.15, 0.2) is 34.5 Å². The second-order valence-electron chi connectivity index (χ2n) is 9.68. The fourth-order valence-electron chi connectivity index (χ4n) is 4.74. The fourth-order valence-corrected chi connectivity index (χ4v) is 5.09. The molecule has 1 aromatic carbocycles. The number of hydrogen-bond acceptors (Lipinski definition) is 7. The Morgan fingerprint density at radius 2 is 2.06 bits per heavy atom. The lowest BCUT2D eigenvalue weighted by Gasteiger charge is -2.40. The Morgan fingerprint density at radius 1 is 1.24 bits per heavy atom. The largest absolute Gasteiger partial charge is 0.444 e. The molecular formula is C24H27N5O3S. The van der Waals surface area contributed by atoms with Crippen molar-refractivity contribution in [3.8, 4) is 0 Å². The van der Waals surface area contributed by atoms with Gasteiger partial charge in [-0.05, 0) is 51.1 Å². The Kier molecular flexibility index (Phi) is 5.19. The molecule has 8 nitrogen and oxygen atoms in total. The van der Waals surface area contributed by atoms with Crippen LogP contribution < -0.4 is 4.90 Å². The van der Waals surface area contributed by atoms with Gasteiger partial charge in [-0.2, -0.15) is 0 Å². The van der Waals surface area contributed by atoms with Gasteiger partial charge in [0, 0.05) is 43.2 Å². The predicted octanol–water partition coefficient (Wildman–Crippen LogP) is 3.88. The third-order valence-electron chi connectivity index (χ3n) is 6.30. The molecule has 2 amide bonds. The number of benzene rings is 1. The van der Waals surface area contributed by atoms with Crippen LogP contribution in [0.1, 0.15) is 44.0 Å². The number of anilines is 1. The van der Waals surface area contributed by atoms with Crippen LogP contribution in [0.4, 0.5) is 16.2 Å². The van der Waals surface area contributed by atoms with Gasteiger partial charge in [-0.3, -0.25) is 9.79 Å². The quantitative estimate of drug-likeness (QED) is 0.494. The Hall–Kier alpha value is -2.94. The number of thioether (sulfide) groups is 1. The van der Waals surface area contributed by atoms with Crippen LogP contribution in [0.2, 0.25) is 0 Å². The normalized spacial score (nSPS) is 21.5. The molecular weight excluding hydrogens is 438 g/mol. The summed E-state index contributed by atoms with van der Waals surface area (Å²) < 4.78 is 5.59. The standard InChI is InChI=1S/C24H27N5O3S/c1-23(2,3)32-22(31)28-10-8-24(14-28)19-16(12-26-21(27-19)33-4)13-29(20(24)30)17-6-5-15-7-9-25-18(15)11-17/h5-6,9,11-12H,7-8,10,13-14H2,1-4H3. The molecule has 0 aliphatic carbocycles. The van der Waals surface area contributed by atoms with Gasteiger partial charge in [-0.25, -0.2) is 14.8 Å². The number of amides is 2. The van der Waals surface area contributed by atoms with E-state index in [1.54, 1.807) is 9.80 Å². The second kappa shape index (κ2) is 7.83. The first-order valence-electron chi connectivity index (χ1n) is 11.1. The third kappa shape index (κ3) is 3.78. The molecule has 1 aromatic heterocycles. The first kappa shape index (κ1) is 21.9. The molecule has 3 aliphatic heterocycles. The van der Waals surface area contributed by atoms with Crippen molar-refractivity contribution in [1.29, 1.82) is 0 Å². The maximum atomic E-state index is 14.1. The van der Waals surface area contributed by atoms with Gasteiger partial charge in [-0.15, -0.1) is 0 Å². The number of nitrogens with zero attached hydrogens (tertiary/aromatic N) is 5. The van der Waals surface area contributed by atoms with Crippen LogP contribution >= 0.6 is 11.8 Å². The van der Waals surface area contributed by atoms with E-state index in [1.807, 2.05) is 57.6 Å². The Bertz CT molecular complexity index is 1180. The highest BCUT2D eigenvalue weighted by Crippen LogP contribution is 2.44. The average molecular weight is 466 g/mol. The number of hydrogen-bond donors (Lipinski definition) is 0. The summed E-state index contributed by atoms with van der Waals surface area (Å²) in [7, 11) is 0. The van der Waals surface area contributed by atoms with Crippen molar-refractivity contribution >= 4 is 41.4 Å². The molecule has 4 heterocycles. The van der Waals surface area contributed by atoms with Crippen molar-refractivity contribution in [3.63, 3.8) is 0 Å². The molecule has 1 saturated heterocycles. The average Bonchev–Trinajstić information content (AvgIpc) is 3.43. The van der Waals surface area contributed by atoms with Gasteiger partial charge in [0.05, 0.1) is 17.9 Å². The Morgan fingerprint density at radius 3 is 2.82 bits per heavy atom. The third-order valence-corrected chi connectivity index (χ3v) is 6.87. The number of carbonyl (C=O) groups is 2. The molecule has 33 heavy (non-hydrogen) atoms. The van der Waals surface area contributed by atoms with E-state index in [1.165, 1.54) is 11.8 Å². The number of aliphatic imine (C=N–C) groups is 1. The Balaban J connectivity index is 1.55. The van der Waals surface area contributed by atoms with E-state index in [0.717, 1.165) is 34.6 Å². The molecule has 1 atom stereocenters. The zero-order chi connectivity index (χ0) is 23.4. The van der Waals surface area contributed by atoms with E-state index in [0.29, 0.717) is 24.7 Å². The summed E-state index contributed by atoms with van der Waals surface area (Å²) in [6.45, 7) is 6.58. The summed E-state index contributed by atoms with van der Waals surface area (Å²) in [4.78, 5) is 44.0. The van der Waals surface area contributed by atoms with Gasteiger partial charge >= 0.3 is 6.09 Å². The van der Waals surface area contributed by atoms with Crippen molar-refractivity contribution in [2.24, 2.45) is 4.99 Å². The molecule has 1 fully saturated rings. The lowest BCUT2D eigenvalue weighted by atomic mass is 9.77. The van der Waals surface area contributed by atoms with E-state index < -0.39 is 17.1 Å². The number of carbonyl (C=O) groups excluding carboxylic acids is 2. The molecule has 0 saturated carbocycles. The predicted molar refractivity (Wildman–Crippen MR) is 127 cm³/mol. The van der Waals surface area contributed by atoms with Crippen LogP contribution in [-0.2, 0) is 27.9 Å².